The van der Waals surface area contributed by atoms with E-state index in [1.54, 1.807) is 52.1 Å². The van der Waals surface area contributed by atoms with Crippen LogP contribution in [0.25, 0.3) is 10.6 Å². The minimum absolute atomic E-state index is 0.223. The number of halogens is 1. The third-order valence-corrected chi connectivity index (χ3v) is 7.52. The van der Waals surface area contributed by atoms with Crippen LogP contribution < -0.4 is 10.2 Å². The van der Waals surface area contributed by atoms with Crippen LogP contribution in [0.1, 0.15) is 34.1 Å². The summed E-state index contributed by atoms with van der Waals surface area (Å²) >= 11 is 7.76. The summed E-state index contributed by atoms with van der Waals surface area (Å²) in [7, 11) is 0. The Hall–Kier alpha value is -3.42. The normalized spacial score (nSPS) is 17.4. The van der Waals surface area contributed by atoms with Crippen molar-refractivity contribution in [3.05, 3.63) is 93.5 Å². The number of thiophene rings is 1. The van der Waals surface area contributed by atoms with Gasteiger partial charge >= 0.3 is 0 Å². The molecule has 1 N–H and O–H groups in total. The van der Waals surface area contributed by atoms with E-state index < -0.39 is 5.54 Å². The molecule has 1 atom stereocenters. The molecule has 178 valence electrons. The summed E-state index contributed by atoms with van der Waals surface area (Å²) in [6.07, 6.45) is 0. The van der Waals surface area contributed by atoms with Gasteiger partial charge in [-0.3, -0.25) is 19.2 Å². The van der Waals surface area contributed by atoms with Crippen LogP contribution in [0, 0.1) is 13.8 Å². The molecule has 5 rings (SSSR count). The predicted octanol–water partition coefficient (Wildman–Crippen LogP) is 5.62. The van der Waals surface area contributed by atoms with E-state index in [1.165, 1.54) is 0 Å². The molecule has 0 saturated heterocycles. The van der Waals surface area contributed by atoms with Crippen LogP contribution in [0.15, 0.2) is 66.0 Å². The van der Waals surface area contributed by atoms with Gasteiger partial charge in [0.1, 0.15) is 16.9 Å². The van der Waals surface area contributed by atoms with Gasteiger partial charge < -0.3 is 5.32 Å². The molecule has 1 aliphatic rings. The SMILES string of the molecule is Cc1ccc(CNC(=O)C2(C)Cn3nc(-c4cccs4)cc3C(=O)N2c2ccc(Cl)cc2C)cc1. The summed E-state index contributed by atoms with van der Waals surface area (Å²) in [5, 5.41) is 10.3. The molecule has 0 aliphatic carbocycles. The van der Waals surface area contributed by atoms with E-state index in [9.17, 15) is 9.59 Å². The molecular formula is C27H25ClN4O2S. The Balaban J connectivity index is 1.55. The van der Waals surface area contributed by atoms with Crippen LogP contribution in [-0.2, 0) is 17.9 Å². The van der Waals surface area contributed by atoms with Gasteiger partial charge in [0, 0.05) is 17.3 Å². The summed E-state index contributed by atoms with van der Waals surface area (Å²) in [4.78, 5) is 30.2. The topological polar surface area (TPSA) is 67.2 Å². The molecule has 0 saturated carbocycles. The molecule has 0 bridgehead atoms. The Kier molecular flexibility index (Phi) is 5.99. The lowest BCUT2D eigenvalue weighted by molar-refractivity contribution is -0.126. The van der Waals surface area contributed by atoms with Crippen molar-refractivity contribution in [1.82, 2.24) is 15.1 Å². The van der Waals surface area contributed by atoms with E-state index in [1.807, 2.05) is 55.6 Å². The third kappa shape index (κ3) is 4.26. The molecule has 2 aromatic heterocycles. The first-order valence-electron chi connectivity index (χ1n) is 11.3. The summed E-state index contributed by atoms with van der Waals surface area (Å²) in [5.74, 6) is -0.524. The number of hydrogen-bond acceptors (Lipinski definition) is 4. The lowest BCUT2D eigenvalue weighted by Crippen LogP contribution is -2.64. The van der Waals surface area contributed by atoms with E-state index in [0.29, 0.717) is 22.9 Å². The largest absolute Gasteiger partial charge is 0.350 e. The van der Waals surface area contributed by atoms with Gasteiger partial charge in [0.25, 0.3) is 5.91 Å². The Morgan fingerprint density at radius 3 is 2.60 bits per heavy atom. The van der Waals surface area contributed by atoms with Crippen LogP contribution in [0.4, 0.5) is 5.69 Å². The molecule has 0 radical (unpaired) electrons. The molecular weight excluding hydrogens is 480 g/mol. The summed E-state index contributed by atoms with van der Waals surface area (Å²) < 4.78 is 1.66. The van der Waals surface area contributed by atoms with Crippen molar-refractivity contribution in [2.45, 2.75) is 39.4 Å². The Morgan fingerprint density at radius 2 is 1.91 bits per heavy atom. The average molecular weight is 505 g/mol. The second kappa shape index (κ2) is 8.98. The fourth-order valence-electron chi connectivity index (χ4n) is 4.45. The van der Waals surface area contributed by atoms with E-state index in [-0.39, 0.29) is 18.4 Å². The third-order valence-electron chi connectivity index (χ3n) is 6.39. The average Bonchev–Trinajstić information content (AvgIpc) is 3.50. The van der Waals surface area contributed by atoms with E-state index >= 15 is 0 Å². The maximum Gasteiger partial charge on any atom is 0.277 e. The quantitative estimate of drug-likeness (QED) is 0.383. The van der Waals surface area contributed by atoms with Crippen LogP contribution in [-0.4, -0.2) is 27.1 Å². The van der Waals surface area contributed by atoms with E-state index in [0.717, 1.165) is 27.3 Å². The zero-order valence-electron chi connectivity index (χ0n) is 19.7. The number of aryl methyl sites for hydroxylation is 2. The van der Waals surface area contributed by atoms with Crippen LogP contribution in [0.3, 0.4) is 0 Å². The number of nitrogens with one attached hydrogen (secondary N) is 1. The smallest absolute Gasteiger partial charge is 0.277 e. The van der Waals surface area contributed by atoms with Gasteiger partial charge in [0.15, 0.2) is 0 Å². The van der Waals surface area contributed by atoms with E-state index in [2.05, 4.69) is 5.32 Å². The number of benzene rings is 2. The van der Waals surface area contributed by atoms with Crippen LogP contribution in [0.2, 0.25) is 5.02 Å². The number of fused-ring (bicyclic) bond motifs is 1. The Labute approximate surface area is 213 Å². The highest BCUT2D eigenvalue weighted by atomic mass is 35.5. The number of carbonyl (C=O) groups is 2. The highest BCUT2D eigenvalue weighted by Gasteiger charge is 2.49. The first-order valence-corrected chi connectivity index (χ1v) is 12.6. The van der Waals surface area contributed by atoms with Crippen molar-refractivity contribution in [3.63, 3.8) is 0 Å². The number of carbonyl (C=O) groups excluding carboxylic acids is 2. The summed E-state index contributed by atoms with van der Waals surface area (Å²) in [6.45, 7) is 6.29. The number of anilines is 1. The number of amides is 2. The molecule has 35 heavy (non-hydrogen) atoms. The van der Waals surface area contributed by atoms with Crippen molar-refractivity contribution >= 4 is 40.4 Å². The molecule has 3 heterocycles. The number of hydrogen-bond donors (Lipinski definition) is 1. The van der Waals surface area contributed by atoms with Gasteiger partial charge in [-0.25, -0.2) is 0 Å². The Bertz CT molecular complexity index is 1410. The van der Waals surface area contributed by atoms with Crippen molar-refractivity contribution in [3.8, 4) is 10.6 Å². The fraction of sp³-hybridized carbons (Fsp3) is 0.222. The second-order valence-electron chi connectivity index (χ2n) is 9.06. The Morgan fingerprint density at radius 1 is 1.14 bits per heavy atom. The molecule has 2 amide bonds. The maximum absolute atomic E-state index is 13.9. The lowest BCUT2D eigenvalue weighted by atomic mass is 9.93. The van der Waals surface area contributed by atoms with Crippen LogP contribution >= 0.6 is 22.9 Å². The molecule has 8 heteroatoms. The molecule has 0 spiro atoms. The number of rotatable bonds is 5. The van der Waals surface area contributed by atoms with Gasteiger partial charge in [0.05, 0.1) is 11.4 Å². The van der Waals surface area contributed by atoms with Gasteiger partial charge in [-0.1, -0.05) is 47.5 Å². The number of aromatic nitrogens is 2. The highest BCUT2D eigenvalue weighted by Crippen LogP contribution is 2.37. The highest BCUT2D eigenvalue weighted by molar-refractivity contribution is 7.13. The lowest BCUT2D eigenvalue weighted by Gasteiger charge is -2.43. The van der Waals surface area contributed by atoms with Gasteiger partial charge in [-0.2, -0.15) is 5.10 Å². The fourth-order valence-corrected chi connectivity index (χ4v) is 5.36. The van der Waals surface area contributed by atoms with Gasteiger partial charge in [0.2, 0.25) is 5.91 Å². The van der Waals surface area contributed by atoms with Crippen molar-refractivity contribution in [1.29, 1.82) is 0 Å². The zero-order valence-corrected chi connectivity index (χ0v) is 21.3. The molecule has 4 aromatic rings. The monoisotopic (exact) mass is 504 g/mol. The van der Waals surface area contributed by atoms with Crippen molar-refractivity contribution in [2.75, 3.05) is 4.90 Å². The van der Waals surface area contributed by atoms with Crippen LogP contribution in [0.5, 0.6) is 0 Å². The summed E-state index contributed by atoms with van der Waals surface area (Å²) in [5.41, 5.74) is 3.58. The maximum atomic E-state index is 13.9. The molecule has 6 nitrogen and oxygen atoms in total. The molecule has 0 fully saturated rings. The first-order chi connectivity index (χ1) is 16.8. The van der Waals surface area contributed by atoms with Crippen molar-refractivity contribution in [2.24, 2.45) is 0 Å². The molecule has 1 unspecified atom stereocenters. The van der Waals surface area contributed by atoms with Crippen molar-refractivity contribution < 1.29 is 9.59 Å². The van der Waals surface area contributed by atoms with Gasteiger partial charge in [-0.05, 0) is 67.6 Å². The standard InChI is InChI=1S/C27H25ClN4O2S/c1-17-6-8-19(9-7-17)15-29-26(34)27(3)16-31-23(14-21(30-31)24-5-4-12-35-24)25(33)32(27)22-11-10-20(28)13-18(22)2/h4-14H,15-16H2,1-3H3,(H,29,34). The number of nitrogens with zero attached hydrogens (tertiary/aromatic N) is 3. The molecule has 2 aromatic carbocycles. The zero-order chi connectivity index (χ0) is 24.7. The van der Waals surface area contributed by atoms with Gasteiger partial charge in [-0.15, -0.1) is 11.3 Å². The predicted molar refractivity (Wildman–Crippen MR) is 140 cm³/mol. The summed E-state index contributed by atoms with van der Waals surface area (Å²) in [6, 6.07) is 19.1. The first kappa shape index (κ1) is 23.3. The minimum atomic E-state index is -1.20. The van der Waals surface area contributed by atoms with E-state index in [4.69, 9.17) is 16.7 Å². The minimum Gasteiger partial charge on any atom is -0.350 e. The molecule has 1 aliphatic heterocycles. The second-order valence-corrected chi connectivity index (χ2v) is 10.4.